The zero-order valence-corrected chi connectivity index (χ0v) is 12.3. The largest absolute Gasteiger partial charge is 0.416 e. The zero-order valence-electron chi connectivity index (χ0n) is 11.5. The molecule has 0 spiro atoms. The third-order valence-electron chi connectivity index (χ3n) is 3.22. The molecule has 0 aliphatic carbocycles. The molecule has 0 N–H and O–H groups in total. The Morgan fingerprint density at radius 1 is 0.783 bits per heavy atom. The monoisotopic (exact) mass is 350 g/mol. The topological polar surface area (TPSA) is 34.1 Å². The molecule has 2 aromatic carbocycles. The lowest BCUT2D eigenvalue weighted by Gasteiger charge is -2.19. The summed E-state index contributed by atoms with van der Waals surface area (Å²) in [6.07, 6.45) is -4.59. The fraction of sp³-hybridized carbons (Fsp3) is 0.200. The van der Waals surface area contributed by atoms with E-state index in [0.29, 0.717) is 12.1 Å². The first kappa shape index (κ1) is 17.4. The molecule has 23 heavy (non-hydrogen) atoms. The zero-order chi connectivity index (χ0) is 17.3. The Labute approximate surface area is 129 Å². The Bertz CT molecular complexity index is 753. The summed E-state index contributed by atoms with van der Waals surface area (Å²) in [7, 11) is -4.91. The molecule has 0 amide bonds. The summed E-state index contributed by atoms with van der Waals surface area (Å²) < 4.78 is 87.5. The molecule has 0 fully saturated rings. The number of sulfone groups is 1. The van der Waals surface area contributed by atoms with Gasteiger partial charge in [0, 0.05) is 0 Å². The number of halogens is 5. The van der Waals surface area contributed by atoms with Crippen LogP contribution < -0.4 is 0 Å². The first-order valence-corrected chi connectivity index (χ1v) is 7.98. The minimum atomic E-state index is -4.91. The Morgan fingerprint density at radius 3 is 1.70 bits per heavy atom. The highest BCUT2D eigenvalue weighted by Gasteiger charge is 2.37. The van der Waals surface area contributed by atoms with Gasteiger partial charge in [-0.3, -0.25) is 0 Å². The van der Waals surface area contributed by atoms with Crippen LogP contribution in [-0.4, -0.2) is 14.2 Å². The highest BCUT2D eigenvalue weighted by atomic mass is 32.2. The number of hydrogen-bond acceptors (Lipinski definition) is 2. The van der Waals surface area contributed by atoms with Crippen LogP contribution in [0.3, 0.4) is 0 Å². The molecule has 0 radical (unpaired) electrons. The van der Waals surface area contributed by atoms with Crippen LogP contribution in [0.15, 0.2) is 54.6 Å². The minimum Gasteiger partial charge on any atom is -0.222 e. The van der Waals surface area contributed by atoms with E-state index >= 15 is 0 Å². The molecule has 0 saturated carbocycles. The van der Waals surface area contributed by atoms with Crippen LogP contribution in [0.2, 0.25) is 0 Å². The van der Waals surface area contributed by atoms with E-state index < -0.39 is 32.6 Å². The summed E-state index contributed by atoms with van der Waals surface area (Å²) in [6, 6.07) is 10.3. The van der Waals surface area contributed by atoms with Crippen LogP contribution in [-0.2, 0) is 16.0 Å². The van der Waals surface area contributed by atoms with E-state index in [2.05, 4.69) is 0 Å². The molecule has 1 atom stereocenters. The van der Waals surface area contributed by atoms with E-state index in [-0.39, 0.29) is 11.1 Å². The molecular weight excluding hydrogens is 339 g/mol. The van der Waals surface area contributed by atoms with E-state index in [1.807, 2.05) is 0 Å². The second kappa shape index (κ2) is 6.27. The van der Waals surface area contributed by atoms with Gasteiger partial charge in [-0.1, -0.05) is 42.5 Å². The fourth-order valence-corrected chi connectivity index (χ4v) is 3.43. The second-order valence-electron chi connectivity index (χ2n) is 4.76. The van der Waals surface area contributed by atoms with E-state index in [1.54, 1.807) is 6.07 Å². The van der Waals surface area contributed by atoms with Crippen molar-refractivity contribution in [2.75, 3.05) is 0 Å². The Balaban J connectivity index is 2.55. The van der Waals surface area contributed by atoms with E-state index in [1.165, 1.54) is 24.3 Å². The summed E-state index contributed by atoms with van der Waals surface area (Å²) in [6.45, 7) is 0. The van der Waals surface area contributed by atoms with Gasteiger partial charge in [-0.05, 0) is 23.3 Å². The van der Waals surface area contributed by atoms with Gasteiger partial charge >= 0.3 is 11.9 Å². The molecule has 0 saturated heterocycles. The van der Waals surface area contributed by atoms with Crippen molar-refractivity contribution in [2.45, 2.75) is 17.2 Å². The molecule has 1 unspecified atom stereocenters. The van der Waals surface area contributed by atoms with Crippen LogP contribution in [0.1, 0.15) is 21.9 Å². The summed E-state index contributed by atoms with van der Waals surface area (Å²) >= 11 is 0. The molecule has 0 aliphatic heterocycles. The van der Waals surface area contributed by atoms with E-state index in [0.717, 1.165) is 12.1 Å². The molecular formula is C15H11F5O2S. The quantitative estimate of drug-likeness (QED) is 0.765. The highest BCUT2D eigenvalue weighted by Crippen LogP contribution is 2.36. The number of benzene rings is 2. The number of hydrogen-bond donors (Lipinski definition) is 0. The summed E-state index contributed by atoms with van der Waals surface area (Å²) in [5.41, 5.74) is -1.07. The van der Waals surface area contributed by atoms with Crippen LogP contribution in [0.25, 0.3) is 0 Å². The van der Waals surface area contributed by atoms with Crippen molar-refractivity contribution in [2.24, 2.45) is 0 Å². The van der Waals surface area contributed by atoms with Gasteiger partial charge in [0.15, 0.2) is 0 Å². The average molecular weight is 350 g/mol. The lowest BCUT2D eigenvalue weighted by Crippen LogP contribution is -2.21. The maximum atomic E-state index is 12.9. The van der Waals surface area contributed by atoms with Crippen molar-refractivity contribution < 1.29 is 30.4 Å². The van der Waals surface area contributed by atoms with Crippen molar-refractivity contribution in [3.8, 4) is 0 Å². The SMILES string of the molecule is O=S(=O)(C(F)F)C(c1ccccc1)c1ccc(C(F)(F)F)cc1. The minimum absolute atomic E-state index is 0.0626. The molecule has 8 heteroatoms. The lowest BCUT2D eigenvalue weighted by molar-refractivity contribution is -0.137. The molecule has 0 heterocycles. The molecule has 0 bridgehead atoms. The lowest BCUT2D eigenvalue weighted by atomic mass is 10.0. The van der Waals surface area contributed by atoms with Crippen molar-refractivity contribution in [3.63, 3.8) is 0 Å². The Hall–Kier alpha value is -1.96. The molecule has 2 nitrogen and oxygen atoms in total. The van der Waals surface area contributed by atoms with Gasteiger partial charge in [-0.15, -0.1) is 0 Å². The fourth-order valence-electron chi connectivity index (χ4n) is 2.15. The molecule has 2 aromatic rings. The summed E-state index contributed by atoms with van der Waals surface area (Å²) in [4.78, 5) is 0. The van der Waals surface area contributed by atoms with Crippen LogP contribution in [0.4, 0.5) is 22.0 Å². The Morgan fingerprint density at radius 2 is 1.26 bits per heavy atom. The smallest absolute Gasteiger partial charge is 0.222 e. The van der Waals surface area contributed by atoms with Crippen molar-refractivity contribution in [1.82, 2.24) is 0 Å². The third kappa shape index (κ3) is 3.69. The summed E-state index contributed by atoms with van der Waals surface area (Å²) in [5, 5.41) is -1.73. The van der Waals surface area contributed by atoms with E-state index in [4.69, 9.17) is 0 Å². The van der Waals surface area contributed by atoms with Crippen molar-refractivity contribution in [3.05, 3.63) is 71.3 Å². The van der Waals surface area contributed by atoms with Gasteiger partial charge in [-0.25, -0.2) is 8.42 Å². The van der Waals surface area contributed by atoms with Crippen molar-refractivity contribution >= 4 is 9.84 Å². The molecule has 2 rings (SSSR count). The van der Waals surface area contributed by atoms with Crippen LogP contribution >= 0.6 is 0 Å². The average Bonchev–Trinajstić information content (AvgIpc) is 2.48. The standard InChI is InChI=1S/C15H11F5O2S/c16-14(17)23(21,22)13(10-4-2-1-3-5-10)11-6-8-12(9-7-11)15(18,19)20/h1-9,13-14H. The molecule has 0 aliphatic rings. The molecule has 124 valence electrons. The predicted molar refractivity (Wildman–Crippen MR) is 74.7 cm³/mol. The van der Waals surface area contributed by atoms with Crippen LogP contribution in [0.5, 0.6) is 0 Å². The van der Waals surface area contributed by atoms with Crippen molar-refractivity contribution in [1.29, 1.82) is 0 Å². The normalized spacial score (nSPS) is 14.0. The first-order valence-electron chi connectivity index (χ1n) is 6.37. The maximum Gasteiger partial charge on any atom is 0.416 e. The first-order chi connectivity index (χ1) is 10.6. The van der Waals surface area contributed by atoms with Gasteiger partial charge in [0.05, 0.1) is 5.56 Å². The maximum absolute atomic E-state index is 12.9. The number of rotatable bonds is 4. The van der Waals surface area contributed by atoms with Gasteiger partial charge in [0.1, 0.15) is 5.25 Å². The highest BCUT2D eigenvalue weighted by molar-refractivity contribution is 7.92. The number of alkyl halides is 5. The van der Waals surface area contributed by atoms with Gasteiger partial charge in [0.25, 0.3) is 0 Å². The second-order valence-corrected chi connectivity index (χ2v) is 6.77. The van der Waals surface area contributed by atoms with Gasteiger partial charge in [0.2, 0.25) is 9.84 Å². The molecule has 0 aromatic heterocycles. The van der Waals surface area contributed by atoms with E-state index in [9.17, 15) is 30.4 Å². The third-order valence-corrected chi connectivity index (χ3v) is 4.92. The van der Waals surface area contributed by atoms with Crippen LogP contribution in [0, 0.1) is 0 Å². The summed E-state index contributed by atoms with van der Waals surface area (Å²) in [5.74, 6) is -3.64. The van der Waals surface area contributed by atoms with Gasteiger partial charge < -0.3 is 0 Å². The Kier molecular flexibility index (Phi) is 4.74. The predicted octanol–water partition coefficient (Wildman–Crippen LogP) is 4.43. The van der Waals surface area contributed by atoms with Gasteiger partial charge in [-0.2, -0.15) is 22.0 Å².